The van der Waals surface area contributed by atoms with Gasteiger partial charge in [-0.3, -0.25) is 5.10 Å². The number of methoxy groups -OCH3 is 2. The van der Waals surface area contributed by atoms with E-state index in [0.717, 1.165) is 33.9 Å². The highest BCUT2D eigenvalue weighted by Crippen LogP contribution is 2.33. The zero-order chi connectivity index (χ0) is 14.7. The lowest BCUT2D eigenvalue weighted by Crippen LogP contribution is -1.87. The van der Waals surface area contributed by atoms with Crippen LogP contribution in [0.3, 0.4) is 0 Å². The molecule has 3 aromatic rings. The lowest BCUT2D eigenvalue weighted by molar-refractivity contribution is 0.415. The normalized spacial score (nSPS) is 10.4. The fourth-order valence-electron chi connectivity index (χ4n) is 2.29. The summed E-state index contributed by atoms with van der Waals surface area (Å²) in [5.41, 5.74) is 4.08. The van der Waals surface area contributed by atoms with Crippen LogP contribution >= 0.6 is 0 Å². The lowest BCUT2D eigenvalue weighted by atomic mass is 10.0. The minimum Gasteiger partial charge on any atom is -0.497 e. The van der Waals surface area contributed by atoms with E-state index in [1.165, 1.54) is 0 Å². The molecule has 1 N–H and O–H groups in total. The molecule has 0 amide bonds. The Balaban J connectivity index is 2.07. The summed E-state index contributed by atoms with van der Waals surface area (Å²) in [4.78, 5) is 0. The van der Waals surface area contributed by atoms with Gasteiger partial charge in [-0.05, 0) is 29.8 Å². The van der Waals surface area contributed by atoms with Crippen molar-refractivity contribution < 1.29 is 9.47 Å². The highest BCUT2D eigenvalue weighted by atomic mass is 16.5. The third-order valence-corrected chi connectivity index (χ3v) is 3.38. The molecule has 0 fully saturated rings. The minimum atomic E-state index is 0.818. The molecule has 0 saturated heterocycles. The number of rotatable bonds is 4. The standard InChI is InChI=1S/C17H16N2O2/c1-20-14-7-3-5-12(9-14)16-11-18-19-17(16)13-6-4-8-15(10-13)21-2/h3-11H,1-2H3,(H,18,19). The predicted molar refractivity (Wildman–Crippen MR) is 82.6 cm³/mol. The molecule has 4 heteroatoms. The summed E-state index contributed by atoms with van der Waals surface area (Å²) >= 11 is 0. The van der Waals surface area contributed by atoms with Crippen LogP contribution in [0, 0.1) is 0 Å². The molecule has 106 valence electrons. The van der Waals surface area contributed by atoms with E-state index in [-0.39, 0.29) is 0 Å². The van der Waals surface area contributed by atoms with E-state index >= 15 is 0 Å². The molecule has 0 spiro atoms. The monoisotopic (exact) mass is 280 g/mol. The van der Waals surface area contributed by atoms with Crippen molar-refractivity contribution in [2.24, 2.45) is 0 Å². The van der Waals surface area contributed by atoms with Gasteiger partial charge in [0, 0.05) is 11.1 Å². The Bertz CT molecular complexity index is 688. The van der Waals surface area contributed by atoms with Crippen LogP contribution in [0.5, 0.6) is 11.5 Å². The van der Waals surface area contributed by atoms with Crippen LogP contribution in [-0.4, -0.2) is 24.4 Å². The van der Waals surface area contributed by atoms with Gasteiger partial charge < -0.3 is 9.47 Å². The number of nitrogens with zero attached hydrogens (tertiary/aromatic N) is 1. The molecule has 0 aliphatic rings. The number of ether oxygens (including phenoxy) is 2. The minimum absolute atomic E-state index is 0.818. The summed E-state index contributed by atoms with van der Waals surface area (Å²) < 4.78 is 10.6. The third kappa shape index (κ3) is 2.60. The molecule has 0 radical (unpaired) electrons. The van der Waals surface area contributed by atoms with Crippen molar-refractivity contribution in [3.63, 3.8) is 0 Å². The Morgan fingerprint density at radius 3 is 2.14 bits per heavy atom. The van der Waals surface area contributed by atoms with Crippen molar-refractivity contribution in [3.8, 4) is 33.9 Å². The number of nitrogens with one attached hydrogen (secondary N) is 1. The van der Waals surface area contributed by atoms with Crippen molar-refractivity contribution in [1.82, 2.24) is 10.2 Å². The molecule has 3 rings (SSSR count). The number of hydrogen-bond acceptors (Lipinski definition) is 3. The Labute approximate surface area is 123 Å². The summed E-state index contributed by atoms with van der Waals surface area (Å²) in [5, 5.41) is 7.24. The highest BCUT2D eigenvalue weighted by molar-refractivity contribution is 5.81. The maximum Gasteiger partial charge on any atom is 0.119 e. The number of H-pyrrole nitrogens is 1. The van der Waals surface area contributed by atoms with Crippen molar-refractivity contribution >= 4 is 0 Å². The van der Waals surface area contributed by atoms with E-state index in [2.05, 4.69) is 10.2 Å². The fraction of sp³-hybridized carbons (Fsp3) is 0.118. The van der Waals surface area contributed by atoms with Gasteiger partial charge in [-0.1, -0.05) is 24.3 Å². The van der Waals surface area contributed by atoms with Gasteiger partial charge in [-0.2, -0.15) is 5.10 Å². The summed E-state index contributed by atoms with van der Waals surface area (Å²) in [5.74, 6) is 1.64. The van der Waals surface area contributed by atoms with Gasteiger partial charge in [0.25, 0.3) is 0 Å². The number of aromatic amines is 1. The van der Waals surface area contributed by atoms with Crippen LogP contribution in [-0.2, 0) is 0 Å². The fourth-order valence-corrected chi connectivity index (χ4v) is 2.29. The quantitative estimate of drug-likeness (QED) is 0.791. The zero-order valence-electron chi connectivity index (χ0n) is 12.0. The maximum absolute atomic E-state index is 5.28. The number of hydrogen-bond donors (Lipinski definition) is 1. The molecule has 2 aromatic carbocycles. The maximum atomic E-state index is 5.28. The molecule has 0 unspecified atom stereocenters. The Morgan fingerprint density at radius 1 is 0.857 bits per heavy atom. The third-order valence-electron chi connectivity index (χ3n) is 3.38. The molecule has 0 aliphatic carbocycles. The first-order valence-corrected chi connectivity index (χ1v) is 6.64. The van der Waals surface area contributed by atoms with Crippen LogP contribution in [0.2, 0.25) is 0 Å². The van der Waals surface area contributed by atoms with E-state index in [1.54, 1.807) is 14.2 Å². The number of benzene rings is 2. The lowest BCUT2D eigenvalue weighted by Gasteiger charge is -2.07. The predicted octanol–water partition coefficient (Wildman–Crippen LogP) is 3.76. The first-order valence-electron chi connectivity index (χ1n) is 6.64. The average molecular weight is 280 g/mol. The topological polar surface area (TPSA) is 47.1 Å². The van der Waals surface area contributed by atoms with Crippen molar-refractivity contribution in [1.29, 1.82) is 0 Å². The van der Waals surface area contributed by atoms with Gasteiger partial charge in [-0.15, -0.1) is 0 Å². The number of aromatic nitrogens is 2. The largest absolute Gasteiger partial charge is 0.497 e. The molecule has 21 heavy (non-hydrogen) atoms. The van der Waals surface area contributed by atoms with Crippen LogP contribution in [0.1, 0.15) is 0 Å². The average Bonchev–Trinajstić information content (AvgIpc) is 3.04. The second kappa shape index (κ2) is 5.71. The molecule has 0 bridgehead atoms. The van der Waals surface area contributed by atoms with Crippen LogP contribution in [0.15, 0.2) is 54.7 Å². The SMILES string of the molecule is COc1cccc(-c2cn[nH]c2-c2cccc(OC)c2)c1. The molecular weight excluding hydrogens is 264 g/mol. The van der Waals surface area contributed by atoms with Gasteiger partial charge in [0.15, 0.2) is 0 Å². The van der Waals surface area contributed by atoms with Crippen molar-refractivity contribution in [2.45, 2.75) is 0 Å². The van der Waals surface area contributed by atoms with Gasteiger partial charge in [0.1, 0.15) is 11.5 Å². The Morgan fingerprint density at radius 2 is 1.48 bits per heavy atom. The molecule has 0 aliphatic heterocycles. The second-order valence-corrected chi connectivity index (χ2v) is 4.62. The van der Waals surface area contributed by atoms with E-state index < -0.39 is 0 Å². The van der Waals surface area contributed by atoms with Gasteiger partial charge in [0.2, 0.25) is 0 Å². The van der Waals surface area contributed by atoms with Crippen LogP contribution in [0.25, 0.3) is 22.4 Å². The Hall–Kier alpha value is -2.75. The first-order chi connectivity index (χ1) is 10.3. The molecule has 1 heterocycles. The van der Waals surface area contributed by atoms with Gasteiger partial charge >= 0.3 is 0 Å². The van der Waals surface area contributed by atoms with E-state index in [4.69, 9.17) is 9.47 Å². The first kappa shape index (κ1) is 13.2. The summed E-state index contributed by atoms with van der Waals surface area (Å²) in [7, 11) is 3.33. The van der Waals surface area contributed by atoms with E-state index in [9.17, 15) is 0 Å². The van der Waals surface area contributed by atoms with Crippen molar-refractivity contribution in [2.75, 3.05) is 14.2 Å². The van der Waals surface area contributed by atoms with Crippen LogP contribution < -0.4 is 9.47 Å². The molecular formula is C17H16N2O2. The zero-order valence-corrected chi connectivity index (χ0v) is 12.0. The molecule has 0 atom stereocenters. The Kier molecular flexibility index (Phi) is 3.60. The second-order valence-electron chi connectivity index (χ2n) is 4.62. The van der Waals surface area contributed by atoms with Crippen LogP contribution in [0.4, 0.5) is 0 Å². The van der Waals surface area contributed by atoms with Gasteiger partial charge in [-0.25, -0.2) is 0 Å². The molecule has 1 aromatic heterocycles. The van der Waals surface area contributed by atoms with E-state index in [0.29, 0.717) is 0 Å². The van der Waals surface area contributed by atoms with E-state index in [1.807, 2.05) is 54.7 Å². The molecule has 4 nitrogen and oxygen atoms in total. The summed E-state index contributed by atoms with van der Waals surface area (Å²) in [6.45, 7) is 0. The van der Waals surface area contributed by atoms with Gasteiger partial charge in [0.05, 0.1) is 26.1 Å². The summed E-state index contributed by atoms with van der Waals surface area (Å²) in [6.07, 6.45) is 1.82. The molecule has 0 saturated carbocycles. The smallest absolute Gasteiger partial charge is 0.119 e. The highest BCUT2D eigenvalue weighted by Gasteiger charge is 2.11. The summed E-state index contributed by atoms with van der Waals surface area (Å²) in [6, 6.07) is 15.8. The van der Waals surface area contributed by atoms with Crippen molar-refractivity contribution in [3.05, 3.63) is 54.7 Å².